The zero-order valence-corrected chi connectivity index (χ0v) is 16.8. The molecular weight excluding hydrogens is 402 g/mol. The Morgan fingerprint density at radius 1 is 1.17 bits per heavy atom. The van der Waals surface area contributed by atoms with Crippen LogP contribution < -0.4 is 0 Å². The lowest BCUT2D eigenvalue weighted by Crippen LogP contribution is -2.30. The van der Waals surface area contributed by atoms with Gasteiger partial charge in [0.15, 0.2) is 0 Å². The third-order valence-electron chi connectivity index (χ3n) is 5.48. The molecule has 0 aliphatic carbocycles. The lowest BCUT2D eigenvalue weighted by Gasteiger charge is -2.27. The maximum Gasteiger partial charge on any atom is 0.147 e. The Kier molecular flexibility index (Phi) is 4.69. The summed E-state index contributed by atoms with van der Waals surface area (Å²) in [5.74, 6) is -0.201. The SMILES string of the molecule is Oc1ccc(Cl)c(O)c1-c1n[nH]c2c1CN(Cc1cccc(-n3ccnc3)c1)CC2. The fourth-order valence-corrected chi connectivity index (χ4v) is 4.12. The molecule has 3 heterocycles. The Morgan fingerprint density at radius 3 is 2.90 bits per heavy atom. The number of phenols is 2. The minimum absolute atomic E-state index is 0.0450. The van der Waals surface area contributed by atoms with Crippen LogP contribution in [0.3, 0.4) is 0 Å². The van der Waals surface area contributed by atoms with Crippen LogP contribution in [-0.2, 0) is 19.5 Å². The molecule has 1 aliphatic rings. The second-order valence-corrected chi connectivity index (χ2v) is 7.83. The molecule has 0 saturated carbocycles. The molecule has 2 aromatic carbocycles. The van der Waals surface area contributed by atoms with Crippen LogP contribution in [0.25, 0.3) is 16.9 Å². The maximum absolute atomic E-state index is 10.4. The molecule has 0 spiro atoms. The number of rotatable bonds is 4. The van der Waals surface area contributed by atoms with Crippen LogP contribution in [0.4, 0.5) is 0 Å². The molecule has 7 nitrogen and oxygen atoms in total. The van der Waals surface area contributed by atoms with Crippen molar-refractivity contribution in [2.75, 3.05) is 6.54 Å². The summed E-state index contributed by atoms with van der Waals surface area (Å²) in [7, 11) is 0. The van der Waals surface area contributed by atoms with Gasteiger partial charge in [0.05, 0.1) is 16.9 Å². The van der Waals surface area contributed by atoms with Gasteiger partial charge in [0.25, 0.3) is 0 Å². The van der Waals surface area contributed by atoms with Crippen LogP contribution in [-0.4, -0.2) is 41.4 Å². The molecule has 0 radical (unpaired) electrons. The number of nitrogens with one attached hydrogen (secondary N) is 1. The van der Waals surface area contributed by atoms with Crippen molar-refractivity contribution < 1.29 is 10.2 Å². The minimum atomic E-state index is -0.156. The summed E-state index contributed by atoms with van der Waals surface area (Å²) in [5.41, 5.74) is 5.07. The summed E-state index contributed by atoms with van der Waals surface area (Å²) in [6.07, 6.45) is 6.29. The second kappa shape index (κ2) is 7.51. The van der Waals surface area contributed by atoms with Gasteiger partial charge in [-0.2, -0.15) is 5.10 Å². The van der Waals surface area contributed by atoms with Crippen LogP contribution in [0, 0.1) is 0 Å². The topological polar surface area (TPSA) is 90.2 Å². The number of benzene rings is 2. The molecule has 4 aromatic rings. The van der Waals surface area contributed by atoms with Gasteiger partial charge in [-0.05, 0) is 29.8 Å². The normalized spacial score (nSPS) is 14.0. The number of phenolic OH excluding ortho intramolecular Hbond substituents is 2. The van der Waals surface area contributed by atoms with Crippen LogP contribution in [0.1, 0.15) is 16.8 Å². The third-order valence-corrected chi connectivity index (χ3v) is 5.78. The molecule has 0 bridgehead atoms. The maximum atomic E-state index is 10.4. The molecule has 3 N–H and O–H groups in total. The fraction of sp³-hybridized carbons (Fsp3) is 0.182. The molecule has 0 unspecified atom stereocenters. The quantitative estimate of drug-likeness (QED) is 0.465. The van der Waals surface area contributed by atoms with Crippen molar-refractivity contribution in [2.45, 2.75) is 19.5 Å². The highest BCUT2D eigenvalue weighted by Crippen LogP contribution is 2.43. The van der Waals surface area contributed by atoms with Crippen molar-refractivity contribution in [3.8, 4) is 28.4 Å². The Morgan fingerprint density at radius 2 is 2.07 bits per heavy atom. The number of aromatic amines is 1. The van der Waals surface area contributed by atoms with Gasteiger partial charge in [0, 0.05) is 55.4 Å². The van der Waals surface area contributed by atoms with Gasteiger partial charge in [-0.15, -0.1) is 0 Å². The summed E-state index contributed by atoms with van der Waals surface area (Å²) < 4.78 is 1.98. The van der Waals surface area contributed by atoms with Crippen molar-refractivity contribution in [3.05, 3.63) is 77.0 Å². The van der Waals surface area contributed by atoms with Crippen molar-refractivity contribution in [2.24, 2.45) is 0 Å². The van der Waals surface area contributed by atoms with E-state index in [4.69, 9.17) is 11.6 Å². The molecule has 8 heteroatoms. The molecule has 5 rings (SSSR count). The van der Waals surface area contributed by atoms with Gasteiger partial charge in [-0.25, -0.2) is 4.98 Å². The number of halogens is 1. The number of H-pyrrole nitrogens is 1. The summed E-state index contributed by atoms with van der Waals surface area (Å²) in [6.45, 7) is 2.32. The first-order valence-electron chi connectivity index (χ1n) is 9.66. The summed E-state index contributed by atoms with van der Waals surface area (Å²) in [6, 6.07) is 11.3. The first-order chi connectivity index (χ1) is 14.6. The van der Waals surface area contributed by atoms with E-state index in [1.165, 1.54) is 17.7 Å². The van der Waals surface area contributed by atoms with Crippen molar-refractivity contribution >= 4 is 11.6 Å². The number of hydrogen-bond acceptors (Lipinski definition) is 5. The lowest BCUT2D eigenvalue weighted by atomic mass is 9.99. The fourth-order valence-electron chi connectivity index (χ4n) is 3.97. The van der Waals surface area contributed by atoms with E-state index >= 15 is 0 Å². The molecule has 0 amide bonds. The highest BCUT2D eigenvalue weighted by molar-refractivity contribution is 6.32. The zero-order valence-electron chi connectivity index (χ0n) is 16.1. The standard InChI is InChI=1S/C22H20ClN5O2/c23-17-4-5-19(29)20(22(17)30)21-16-12-27(8-6-18(16)25-26-21)11-14-2-1-3-15(10-14)28-9-7-24-13-28/h1-5,7,9-10,13,29-30H,6,8,11-12H2,(H,25,26). The Balaban J connectivity index is 1.42. The first-order valence-corrected chi connectivity index (χ1v) is 10.0. The van der Waals surface area contributed by atoms with Crippen LogP contribution in [0.2, 0.25) is 5.02 Å². The Bertz CT molecular complexity index is 1200. The van der Waals surface area contributed by atoms with E-state index in [0.29, 0.717) is 12.2 Å². The summed E-state index contributed by atoms with van der Waals surface area (Å²) in [4.78, 5) is 6.44. The largest absolute Gasteiger partial charge is 0.507 e. The van der Waals surface area contributed by atoms with Crippen molar-refractivity contribution in [1.82, 2.24) is 24.6 Å². The number of hydrogen-bond donors (Lipinski definition) is 3. The third kappa shape index (κ3) is 3.32. The van der Waals surface area contributed by atoms with E-state index in [-0.39, 0.29) is 22.1 Å². The molecule has 0 saturated heterocycles. The smallest absolute Gasteiger partial charge is 0.147 e. The zero-order chi connectivity index (χ0) is 20.7. The molecule has 152 valence electrons. The second-order valence-electron chi connectivity index (χ2n) is 7.42. The van der Waals surface area contributed by atoms with Crippen molar-refractivity contribution in [1.29, 1.82) is 0 Å². The van der Waals surface area contributed by atoms with Gasteiger partial charge < -0.3 is 14.8 Å². The van der Waals surface area contributed by atoms with E-state index in [0.717, 1.165) is 36.5 Å². The van der Waals surface area contributed by atoms with Gasteiger partial charge in [-0.3, -0.25) is 10.00 Å². The van der Waals surface area contributed by atoms with E-state index in [1.807, 2.05) is 16.8 Å². The van der Waals surface area contributed by atoms with Crippen LogP contribution in [0.15, 0.2) is 55.1 Å². The predicted molar refractivity (Wildman–Crippen MR) is 114 cm³/mol. The predicted octanol–water partition coefficient (Wildman–Crippen LogP) is 3.89. The Hall–Kier alpha value is -3.29. The number of aromatic nitrogens is 4. The molecule has 2 aromatic heterocycles. The lowest BCUT2D eigenvalue weighted by molar-refractivity contribution is 0.245. The monoisotopic (exact) mass is 421 g/mol. The van der Waals surface area contributed by atoms with E-state index < -0.39 is 0 Å². The number of fused-ring (bicyclic) bond motifs is 1. The van der Waals surface area contributed by atoms with Gasteiger partial charge in [0.2, 0.25) is 0 Å². The highest BCUT2D eigenvalue weighted by atomic mass is 35.5. The van der Waals surface area contributed by atoms with Gasteiger partial charge in [0.1, 0.15) is 17.2 Å². The van der Waals surface area contributed by atoms with Crippen LogP contribution >= 0.6 is 11.6 Å². The van der Waals surface area contributed by atoms with E-state index in [9.17, 15) is 10.2 Å². The van der Waals surface area contributed by atoms with Gasteiger partial charge >= 0.3 is 0 Å². The summed E-state index contributed by atoms with van der Waals surface area (Å²) in [5, 5.41) is 28.3. The Labute approximate surface area is 178 Å². The number of aromatic hydroxyl groups is 2. The van der Waals surface area contributed by atoms with Crippen LogP contribution in [0.5, 0.6) is 11.5 Å². The summed E-state index contributed by atoms with van der Waals surface area (Å²) >= 11 is 6.06. The molecular formula is C22H20ClN5O2. The number of imidazole rings is 1. The molecule has 0 atom stereocenters. The number of nitrogens with zero attached hydrogens (tertiary/aromatic N) is 4. The van der Waals surface area contributed by atoms with Crippen molar-refractivity contribution in [3.63, 3.8) is 0 Å². The molecule has 30 heavy (non-hydrogen) atoms. The minimum Gasteiger partial charge on any atom is -0.507 e. The first kappa shape index (κ1) is 18.7. The average molecular weight is 422 g/mol. The molecule has 1 aliphatic heterocycles. The van der Waals surface area contributed by atoms with E-state index in [2.05, 4.69) is 38.3 Å². The average Bonchev–Trinajstić information content (AvgIpc) is 3.42. The van der Waals surface area contributed by atoms with Gasteiger partial charge in [-0.1, -0.05) is 23.7 Å². The highest BCUT2D eigenvalue weighted by Gasteiger charge is 2.26. The molecule has 0 fully saturated rings. The van der Waals surface area contributed by atoms with E-state index in [1.54, 1.807) is 12.5 Å².